The summed E-state index contributed by atoms with van der Waals surface area (Å²) in [5.74, 6) is -6.43. The van der Waals surface area contributed by atoms with Gasteiger partial charge in [0.25, 0.3) is 11.7 Å². The number of aliphatic hydroxyl groups excluding tert-OH is 2. The zero-order valence-corrected chi connectivity index (χ0v) is 34.9. The van der Waals surface area contributed by atoms with Crippen LogP contribution < -0.4 is 0 Å². The van der Waals surface area contributed by atoms with Crippen LogP contribution in [0.3, 0.4) is 0 Å². The number of carbonyl (C=O) groups excluding carboxylic acids is 3. The summed E-state index contributed by atoms with van der Waals surface area (Å²) in [7, 11) is 4.67. The Labute approximate surface area is 333 Å². The van der Waals surface area contributed by atoms with E-state index in [9.17, 15) is 29.7 Å². The molecule has 1 aliphatic carbocycles. The largest absolute Gasteiger partial charge is 0.392 e. The fourth-order valence-corrected chi connectivity index (χ4v) is 9.12. The minimum absolute atomic E-state index is 0.0341. The molecule has 0 aromatic heterocycles. The van der Waals surface area contributed by atoms with Crippen molar-refractivity contribution in [3.8, 4) is 0 Å². The number of allylic oxidation sites excluding steroid dienone is 4. The van der Waals surface area contributed by atoms with Crippen molar-refractivity contribution in [1.82, 2.24) is 4.90 Å². The van der Waals surface area contributed by atoms with E-state index in [0.717, 1.165) is 17.6 Å². The number of rotatable bonds is 7. The van der Waals surface area contributed by atoms with Crippen LogP contribution in [-0.2, 0) is 43.1 Å². The second-order valence-electron chi connectivity index (χ2n) is 17.0. The highest BCUT2D eigenvalue weighted by atomic mass is 17.2. The van der Waals surface area contributed by atoms with Crippen molar-refractivity contribution in [2.45, 2.75) is 160 Å². The Kier molecular flexibility index (Phi) is 17.5. The van der Waals surface area contributed by atoms with Crippen molar-refractivity contribution in [3.63, 3.8) is 0 Å². The molecule has 2 saturated heterocycles. The number of hydrogen-bond acceptors (Lipinski definition) is 12. The molecule has 0 radical (unpaired) electrons. The first-order chi connectivity index (χ1) is 26.6. The normalized spacial score (nSPS) is 41.6. The average Bonchev–Trinajstić information content (AvgIpc) is 3.17. The summed E-state index contributed by atoms with van der Waals surface area (Å²) in [6.07, 6.45) is 5.14. The van der Waals surface area contributed by atoms with Gasteiger partial charge in [-0.15, -0.1) is 6.58 Å². The molecular weight excluding hydrogens is 722 g/mol. The van der Waals surface area contributed by atoms with Gasteiger partial charge in [-0.1, -0.05) is 44.6 Å². The molecule has 0 spiro atoms. The molecule has 3 aliphatic heterocycles. The van der Waals surface area contributed by atoms with Crippen LogP contribution in [0.5, 0.6) is 0 Å². The number of ether oxygens (including phenoxy) is 4. The fourth-order valence-electron chi connectivity index (χ4n) is 9.12. The zero-order valence-electron chi connectivity index (χ0n) is 34.9. The first kappa shape index (κ1) is 46.4. The van der Waals surface area contributed by atoms with Gasteiger partial charge in [0, 0.05) is 52.0 Å². The maximum Gasteiger partial charge on any atom is 0.297 e. The van der Waals surface area contributed by atoms with E-state index in [0.29, 0.717) is 51.4 Å². The maximum absolute atomic E-state index is 14.2. The maximum atomic E-state index is 14.2. The minimum atomic E-state index is -2.44. The van der Waals surface area contributed by atoms with Gasteiger partial charge in [-0.3, -0.25) is 14.4 Å². The third kappa shape index (κ3) is 11.2. The highest BCUT2D eigenvalue weighted by molar-refractivity contribution is 6.38. The Bertz CT molecular complexity index is 1400. The summed E-state index contributed by atoms with van der Waals surface area (Å²) in [5, 5.41) is 34.1. The Morgan fingerprint density at radius 2 is 1.61 bits per heavy atom. The van der Waals surface area contributed by atoms with E-state index in [2.05, 4.69) is 13.5 Å². The van der Waals surface area contributed by atoms with Crippen molar-refractivity contribution in [2.24, 2.45) is 29.6 Å². The predicted molar refractivity (Wildman–Crippen MR) is 209 cm³/mol. The number of methoxy groups -OCH3 is 3. The summed E-state index contributed by atoms with van der Waals surface area (Å²) < 4.78 is 23.5. The number of hydrogen-bond donors (Lipinski definition) is 3. The smallest absolute Gasteiger partial charge is 0.297 e. The molecule has 2 bridgehead atoms. The van der Waals surface area contributed by atoms with E-state index >= 15 is 0 Å². The van der Waals surface area contributed by atoms with Crippen LogP contribution in [0, 0.1) is 29.6 Å². The molecule has 1 saturated carbocycles. The predicted octanol–water partition coefficient (Wildman–Crippen LogP) is 5.00. The quantitative estimate of drug-likeness (QED) is 0.180. The van der Waals surface area contributed by atoms with Crippen molar-refractivity contribution >= 4 is 17.5 Å². The number of amides is 1. The van der Waals surface area contributed by atoms with E-state index < -0.39 is 78.1 Å². The standard InChI is InChI=1S/C43H69NO12/c1-10-13-31-19-25(2)18-26(3)20-36(52-8)40-37(53-9)22-28(5)43(50,54-40)41(48)42(49)44-17-12-11-14-38(44)55-56-39(29(6)33(46)24-34(31)47)27(4)21-30-15-16-32(45)35(23-30)51-7/h10,19,21,26,28-33,35-40,45-46,50H,1,11-18,20,22-24H2,2-9H3/b25-19+,27-21+. The summed E-state index contributed by atoms with van der Waals surface area (Å²) in [6.45, 7) is 13.4. The number of Topliss-reactive ketones (excluding diaryl/α,β-unsaturated/α-hetero) is 2. The van der Waals surface area contributed by atoms with Gasteiger partial charge in [0.05, 0.1) is 30.5 Å². The lowest BCUT2D eigenvalue weighted by Crippen LogP contribution is -2.64. The van der Waals surface area contributed by atoms with Crippen molar-refractivity contribution in [3.05, 3.63) is 36.0 Å². The van der Waals surface area contributed by atoms with Crippen molar-refractivity contribution < 1.29 is 58.4 Å². The first-order valence-corrected chi connectivity index (χ1v) is 20.6. The van der Waals surface area contributed by atoms with Gasteiger partial charge in [0.15, 0.2) is 6.23 Å². The number of nitrogens with zero attached hydrogens (tertiary/aromatic N) is 1. The Morgan fingerprint density at radius 1 is 0.929 bits per heavy atom. The molecule has 4 rings (SSSR count). The van der Waals surface area contributed by atoms with E-state index in [-0.39, 0.29) is 43.1 Å². The average molecular weight is 792 g/mol. The van der Waals surface area contributed by atoms with Crippen LogP contribution in [0.15, 0.2) is 36.0 Å². The van der Waals surface area contributed by atoms with Gasteiger partial charge in [-0.2, -0.15) is 0 Å². The van der Waals surface area contributed by atoms with Gasteiger partial charge in [-0.05, 0) is 95.5 Å². The molecular formula is C43H69NO12. The van der Waals surface area contributed by atoms with Gasteiger partial charge in [0.2, 0.25) is 5.79 Å². The zero-order chi connectivity index (χ0) is 41.3. The third-order valence-corrected chi connectivity index (χ3v) is 12.6. The lowest BCUT2D eigenvalue weighted by atomic mass is 9.81. The number of piperidine rings is 1. The van der Waals surface area contributed by atoms with Gasteiger partial charge >= 0.3 is 0 Å². The number of ketones is 2. The Morgan fingerprint density at radius 3 is 2.27 bits per heavy atom. The number of fused-ring (bicyclic) bond motifs is 3. The lowest BCUT2D eigenvalue weighted by molar-refractivity contribution is -0.377. The summed E-state index contributed by atoms with van der Waals surface area (Å²) in [4.78, 5) is 55.7. The van der Waals surface area contributed by atoms with E-state index in [4.69, 9.17) is 28.7 Å². The van der Waals surface area contributed by atoms with Crippen LogP contribution in [-0.4, -0.2) is 120 Å². The molecule has 3 N–H and O–H groups in total. The van der Waals surface area contributed by atoms with Crippen LogP contribution in [0.1, 0.15) is 105 Å². The molecule has 1 amide bonds. The lowest BCUT2D eigenvalue weighted by Gasteiger charge is -2.47. The monoisotopic (exact) mass is 791 g/mol. The topological polar surface area (TPSA) is 171 Å². The first-order valence-electron chi connectivity index (χ1n) is 20.6. The molecule has 13 heteroatoms. The molecule has 3 heterocycles. The fraction of sp³-hybridized carbons (Fsp3) is 0.791. The van der Waals surface area contributed by atoms with Gasteiger partial charge in [0.1, 0.15) is 18.0 Å². The second kappa shape index (κ2) is 21.1. The summed E-state index contributed by atoms with van der Waals surface area (Å²) in [5.41, 5.74) is 1.73. The highest BCUT2D eigenvalue weighted by Crippen LogP contribution is 2.39. The minimum Gasteiger partial charge on any atom is -0.392 e. The molecule has 56 heavy (non-hydrogen) atoms. The third-order valence-electron chi connectivity index (χ3n) is 12.6. The molecule has 318 valence electrons. The van der Waals surface area contributed by atoms with Crippen LogP contribution in [0.25, 0.3) is 0 Å². The second-order valence-corrected chi connectivity index (χ2v) is 17.0. The number of aliphatic hydroxyl groups is 3. The molecule has 3 fully saturated rings. The molecule has 14 atom stereocenters. The van der Waals surface area contributed by atoms with Crippen molar-refractivity contribution in [2.75, 3.05) is 27.9 Å². The van der Waals surface area contributed by atoms with E-state index in [1.54, 1.807) is 41.3 Å². The van der Waals surface area contributed by atoms with Gasteiger partial charge in [-0.25, -0.2) is 9.78 Å². The summed E-state index contributed by atoms with van der Waals surface area (Å²) in [6, 6.07) is 0. The highest BCUT2D eigenvalue weighted by Gasteiger charge is 2.56. The Balaban J connectivity index is 1.74. The van der Waals surface area contributed by atoms with Crippen LogP contribution >= 0.6 is 0 Å². The number of carbonyl (C=O) groups is 3. The molecule has 14 unspecified atom stereocenters. The van der Waals surface area contributed by atoms with E-state index in [1.165, 1.54) is 4.90 Å². The molecule has 0 aromatic rings. The molecule has 4 aliphatic rings. The SMILES string of the molecule is C=CCC1/C=C(\C)CC(C)CC(OC)C2OC(O)(C(=O)C(=O)N3CCCCC3OOC(/C(C)=C/C3CCC(O)C(OC)C3)C(C)C(O)CC1=O)C(C)CC2OC. The van der Waals surface area contributed by atoms with Crippen molar-refractivity contribution in [1.29, 1.82) is 0 Å². The van der Waals surface area contributed by atoms with Crippen LogP contribution in [0.2, 0.25) is 0 Å². The molecule has 13 nitrogen and oxygen atoms in total. The van der Waals surface area contributed by atoms with Gasteiger partial charge < -0.3 is 39.2 Å². The van der Waals surface area contributed by atoms with Crippen LogP contribution in [0.4, 0.5) is 0 Å². The summed E-state index contributed by atoms with van der Waals surface area (Å²) >= 11 is 0. The molecule has 0 aromatic carbocycles. The van der Waals surface area contributed by atoms with E-state index in [1.807, 2.05) is 26.0 Å². The Hall–Kier alpha value is -2.33.